The zero-order valence-corrected chi connectivity index (χ0v) is 9.78. The summed E-state index contributed by atoms with van der Waals surface area (Å²) in [4.78, 5) is 21.1. The average Bonchev–Trinajstić information content (AvgIpc) is 2.31. The molecular weight excluding hydrogens is 220 g/mol. The van der Waals surface area contributed by atoms with Gasteiger partial charge in [0.2, 0.25) is 0 Å². The number of nitrogens with one attached hydrogen (secondary N) is 1. The zero-order valence-electron chi connectivity index (χ0n) is 9.78. The van der Waals surface area contributed by atoms with Gasteiger partial charge in [-0.25, -0.2) is 4.98 Å². The van der Waals surface area contributed by atoms with Crippen LogP contribution in [0.5, 0.6) is 0 Å². The van der Waals surface area contributed by atoms with Gasteiger partial charge >= 0.3 is 0 Å². The van der Waals surface area contributed by atoms with Crippen LogP contribution in [0.1, 0.15) is 17.1 Å². The standard InChI is InChI=1S/C11H18N4O2/c12-3-1-10-13-9-2-4-15(5-6-16)7-8(9)11(17)14-10/h16H,1-7,12H2,(H,13,14,17). The first kappa shape index (κ1) is 12.2. The lowest BCUT2D eigenvalue weighted by Crippen LogP contribution is -2.37. The molecule has 0 aliphatic carbocycles. The van der Waals surface area contributed by atoms with Gasteiger partial charge in [0, 0.05) is 32.5 Å². The fourth-order valence-electron chi connectivity index (χ4n) is 2.12. The van der Waals surface area contributed by atoms with Gasteiger partial charge in [0.15, 0.2) is 0 Å². The summed E-state index contributed by atoms with van der Waals surface area (Å²) in [6, 6.07) is 0. The number of nitrogens with zero attached hydrogens (tertiary/aromatic N) is 2. The van der Waals surface area contributed by atoms with Crippen molar-refractivity contribution in [2.45, 2.75) is 19.4 Å². The van der Waals surface area contributed by atoms with Crippen molar-refractivity contribution in [3.05, 3.63) is 27.4 Å². The van der Waals surface area contributed by atoms with Crippen molar-refractivity contribution in [3.63, 3.8) is 0 Å². The lowest BCUT2D eigenvalue weighted by atomic mass is 10.1. The fraction of sp³-hybridized carbons (Fsp3) is 0.636. The number of hydrogen-bond acceptors (Lipinski definition) is 5. The number of H-pyrrole nitrogens is 1. The van der Waals surface area contributed by atoms with E-state index in [1.54, 1.807) is 0 Å². The predicted molar refractivity (Wildman–Crippen MR) is 63.7 cm³/mol. The minimum atomic E-state index is -0.0684. The average molecular weight is 238 g/mol. The fourth-order valence-corrected chi connectivity index (χ4v) is 2.12. The lowest BCUT2D eigenvalue weighted by Gasteiger charge is -2.26. The molecule has 17 heavy (non-hydrogen) atoms. The Kier molecular flexibility index (Phi) is 3.88. The second-order valence-electron chi connectivity index (χ2n) is 4.23. The van der Waals surface area contributed by atoms with Crippen molar-refractivity contribution in [1.29, 1.82) is 0 Å². The van der Waals surface area contributed by atoms with E-state index in [0.717, 1.165) is 24.2 Å². The summed E-state index contributed by atoms with van der Waals surface area (Å²) in [5, 5.41) is 8.89. The van der Waals surface area contributed by atoms with Crippen LogP contribution in [-0.2, 0) is 19.4 Å². The molecule has 2 heterocycles. The summed E-state index contributed by atoms with van der Waals surface area (Å²) in [6.07, 6.45) is 1.36. The quantitative estimate of drug-likeness (QED) is 0.601. The predicted octanol–water partition coefficient (Wildman–Crippen LogP) is -1.38. The molecule has 0 amide bonds. The molecule has 4 N–H and O–H groups in total. The molecule has 0 fully saturated rings. The maximum atomic E-state index is 11.9. The van der Waals surface area contributed by atoms with Gasteiger partial charge in [-0.2, -0.15) is 0 Å². The van der Waals surface area contributed by atoms with Crippen molar-refractivity contribution in [1.82, 2.24) is 14.9 Å². The molecule has 0 saturated carbocycles. The molecule has 0 unspecified atom stereocenters. The van der Waals surface area contributed by atoms with Crippen LogP contribution in [-0.4, -0.2) is 46.2 Å². The summed E-state index contributed by atoms with van der Waals surface area (Å²) in [7, 11) is 0. The molecule has 1 aliphatic heterocycles. The zero-order chi connectivity index (χ0) is 12.3. The number of rotatable bonds is 4. The number of aliphatic hydroxyl groups is 1. The minimum absolute atomic E-state index is 0.0684. The van der Waals surface area contributed by atoms with Gasteiger partial charge in [-0.05, 0) is 6.54 Å². The second-order valence-corrected chi connectivity index (χ2v) is 4.23. The molecular formula is C11H18N4O2. The Morgan fingerprint density at radius 2 is 2.35 bits per heavy atom. The lowest BCUT2D eigenvalue weighted by molar-refractivity contribution is 0.182. The highest BCUT2D eigenvalue weighted by Gasteiger charge is 2.20. The van der Waals surface area contributed by atoms with Crippen LogP contribution in [0.3, 0.4) is 0 Å². The molecule has 0 saturated heterocycles. The van der Waals surface area contributed by atoms with Gasteiger partial charge in [0.1, 0.15) is 5.82 Å². The second kappa shape index (κ2) is 5.39. The number of hydrogen-bond donors (Lipinski definition) is 3. The SMILES string of the molecule is NCCc1nc2c(c(=O)[nH]1)CN(CCO)CC2. The Labute approximate surface area is 99.5 Å². The van der Waals surface area contributed by atoms with Crippen LogP contribution < -0.4 is 11.3 Å². The highest BCUT2D eigenvalue weighted by atomic mass is 16.3. The molecule has 2 rings (SSSR count). The molecule has 0 aromatic carbocycles. The Balaban J connectivity index is 2.24. The number of nitrogens with two attached hydrogens (primary N) is 1. The topological polar surface area (TPSA) is 95.2 Å². The van der Waals surface area contributed by atoms with Gasteiger partial charge in [-0.1, -0.05) is 0 Å². The van der Waals surface area contributed by atoms with Gasteiger partial charge in [0.25, 0.3) is 5.56 Å². The molecule has 0 spiro atoms. The van der Waals surface area contributed by atoms with Gasteiger partial charge < -0.3 is 15.8 Å². The maximum Gasteiger partial charge on any atom is 0.255 e. The molecule has 0 bridgehead atoms. The van der Waals surface area contributed by atoms with Gasteiger partial charge in [-0.15, -0.1) is 0 Å². The van der Waals surface area contributed by atoms with E-state index in [-0.39, 0.29) is 12.2 Å². The summed E-state index contributed by atoms with van der Waals surface area (Å²) in [5.74, 6) is 0.673. The first-order valence-corrected chi connectivity index (χ1v) is 5.89. The van der Waals surface area contributed by atoms with E-state index < -0.39 is 0 Å². The number of aromatic nitrogens is 2. The van der Waals surface area contributed by atoms with Crippen molar-refractivity contribution < 1.29 is 5.11 Å². The third-order valence-corrected chi connectivity index (χ3v) is 2.99. The van der Waals surface area contributed by atoms with E-state index in [9.17, 15) is 4.79 Å². The van der Waals surface area contributed by atoms with E-state index in [1.807, 2.05) is 0 Å². The van der Waals surface area contributed by atoms with Gasteiger partial charge in [0.05, 0.1) is 17.9 Å². The van der Waals surface area contributed by atoms with Gasteiger partial charge in [-0.3, -0.25) is 9.69 Å². The third kappa shape index (κ3) is 2.71. The molecule has 6 heteroatoms. The van der Waals surface area contributed by atoms with E-state index in [0.29, 0.717) is 31.9 Å². The molecule has 0 radical (unpaired) electrons. The maximum absolute atomic E-state index is 11.9. The largest absolute Gasteiger partial charge is 0.395 e. The Hall–Kier alpha value is -1.24. The number of aromatic amines is 1. The van der Waals surface area contributed by atoms with E-state index >= 15 is 0 Å². The van der Waals surface area contributed by atoms with Crippen LogP contribution in [0.15, 0.2) is 4.79 Å². The number of fused-ring (bicyclic) bond motifs is 1. The van der Waals surface area contributed by atoms with Crippen molar-refractivity contribution in [2.75, 3.05) is 26.2 Å². The Morgan fingerprint density at radius 1 is 1.53 bits per heavy atom. The third-order valence-electron chi connectivity index (χ3n) is 2.99. The molecule has 1 aromatic heterocycles. The highest BCUT2D eigenvalue weighted by molar-refractivity contribution is 5.20. The summed E-state index contributed by atoms with van der Waals surface area (Å²) < 4.78 is 0. The summed E-state index contributed by atoms with van der Waals surface area (Å²) in [6.45, 7) is 2.61. The summed E-state index contributed by atoms with van der Waals surface area (Å²) in [5.41, 5.74) is 6.99. The Bertz CT molecular complexity index is 444. The van der Waals surface area contributed by atoms with E-state index in [2.05, 4.69) is 14.9 Å². The number of β-amino-alcohol motifs (C(OH)–C–C–N with tert-alkyl or cyclic N) is 1. The molecule has 0 atom stereocenters. The first-order chi connectivity index (χ1) is 8.24. The molecule has 6 nitrogen and oxygen atoms in total. The van der Waals surface area contributed by atoms with Crippen molar-refractivity contribution >= 4 is 0 Å². The van der Waals surface area contributed by atoms with Crippen LogP contribution in [0.2, 0.25) is 0 Å². The van der Waals surface area contributed by atoms with E-state index in [1.165, 1.54) is 0 Å². The van der Waals surface area contributed by atoms with Crippen LogP contribution >= 0.6 is 0 Å². The number of aliphatic hydroxyl groups excluding tert-OH is 1. The minimum Gasteiger partial charge on any atom is -0.395 e. The van der Waals surface area contributed by atoms with Crippen molar-refractivity contribution in [3.8, 4) is 0 Å². The molecule has 1 aromatic rings. The van der Waals surface area contributed by atoms with Crippen LogP contribution in [0, 0.1) is 0 Å². The van der Waals surface area contributed by atoms with Crippen molar-refractivity contribution in [2.24, 2.45) is 5.73 Å². The monoisotopic (exact) mass is 238 g/mol. The normalized spacial score (nSPS) is 15.9. The first-order valence-electron chi connectivity index (χ1n) is 5.89. The highest BCUT2D eigenvalue weighted by Crippen LogP contribution is 2.12. The Morgan fingerprint density at radius 3 is 3.06 bits per heavy atom. The smallest absolute Gasteiger partial charge is 0.255 e. The van der Waals surface area contributed by atoms with E-state index in [4.69, 9.17) is 10.8 Å². The molecule has 1 aliphatic rings. The van der Waals surface area contributed by atoms with Crippen LogP contribution in [0.4, 0.5) is 0 Å². The molecule has 94 valence electrons. The summed E-state index contributed by atoms with van der Waals surface area (Å²) >= 11 is 0. The van der Waals surface area contributed by atoms with Crippen LogP contribution in [0.25, 0.3) is 0 Å².